The lowest BCUT2D eigenvalue weighted by molar-refractivity contribution is 0.860. The van der Waals surface area contributed by atoms with E-state index in [2.05, 4.69) is 65.0 Å². The number of fused-ring (bicyclic) bond motifs is 3. The maximum absolute atomic E-state index is 4.84. The van der Waals surface area contributed by atoms with Gasteiger partial charge in [0.25, 0.3) is 0 Å². The normalized spacial score (nSPS) is 11.3. The Morgan fingerprint density at radius 1 is 0.667 bits per heavy atom. The fourth-order valence-electron chi connectivity index (χ4n) is 3.52. The fourth-order valence-corrected chi connectivity index (χ4v) is 3.52. The van der Waals surface area contributed by atoms with Crippen LogP contribution in [0.4, 0.5) is 0 Å². The van der Waals surface area contributed by atoms with E-state index >= 15 is 0 Å². The Morgan fingerprint density at radius 2 is 1.26 bits per heavy atom. The van der Waals surface area contributed by atoms with Crippen molar-refractivity contribution in [3.05, 3.63) is 84.7 Å². The number of para-hydroxylation sites is 2. The van der Waals surface area contributed by atoms with Crippen molar-refractivity contribution in [2.45, 2.75) is 13.3 Å². The first-order valence-corrected chi connectivity index (χ1v) is 9.14. The van der Waals surface area contributed by atoms with Crippen molar-refractivity contribution in [2.24, 2.45) is 0 Å². The first kappa shape index (κ1) is 15.7. The molecule has 0 N–H and O–H groups in total. The molecule has 3 aromatic carbocycles. The van der Waals surface area contributed by atoms with Crippen LogP contribution in [0.3, 0.4) is 0 Å². The van der Waals surface area contributed by atoms with E-state index in [-0.39, 0.29) is 0 Å². The van der Waals surface area contributed by atoms with Gasteiger partial charge < -0.3 is 0 Å². The second-order valence-corrected chi connectivity index (χ2v) is 6.46. The van der Waals surface area contributed by atoms with Crippen LogP contribution in [0.25, 0.3) is 39.1 Å². The SMILES string of the molecule is CCc1nc(-c2ccccc2)nc(-n2c3ccccc3c3ccccc32)n1. The molecule has 0 aliphatic heterocycles. The third kappa shape index (κ3) is 2.57. The number of rotatable bonds is 3. The highest BCUT2D eigenvalue weighted by molar-refractivity contribution is 6.08. The largest absolute Gasteiger partial charge is 0.278 e. The van der Waals surface area contributed by atoms with Crippen molar-refractivity contribution >= 4 is 21.8 Å². The molecule has 0 aliphatic carbocycles. The van der Waals surface area contributed by atoms with Gasteiger partial charge in [-0.25, -0.2) is 4.98 Å². The van der Waals surface area contributed by atoms with Crippen molar-refractivity contribution in [3.63, 3.8) is 0 Å². The number of hydrogen-bond acceptors (Lipinski definition) is 3. The minimum absolute atomic E-state index is 0.665. The molecular weight excluding hydrogens is 332 g/mol. The number of hydrogen-bond donors (Lipinski definition) is 0. The molecule has 0 bridgehead atoms. The van der Waals surface area contributed by atoms with Gasteiger partial charge >= 0.3 is 0 Å². The van der Waals surface area contributed by atoms with Crippen LogP contribution in [-0.2, 0) is 6.42 Å². The minimum atomic E-state index is 0.665. The van der Waals surface area contributed by atoms with E-state index < -0.39 is 0 Å². The zero-order valence-corrected chi connectivity index (χ0v) is 15.0. The molecule has 0 amide bonds. The molecular formula is C23H18N4. The summed E-state index contributed by atoms with van der Waals surface area (Å²) in [6, 6.07) is 26.8. The molecule has 4 heteroatoms. The molecule has 0 unspecified atom stereocenters. The van der Waals surface area contributed by atoms with Gasteiger partial charge in [0.1, 0.15) is 5.82 Å². The lowest BCUT2D eigenvalue weighted by atomic mass is 10.2. The first-order valence-electron chi connectivity index (χ1n) is 9.14. The van der Waals surface area contributed by atoms with Crippen LogP contribution >= 0.6 is 0 Å². The Labute approximate surface area is 157 Å². The monoisotopic (exact) mass is 350 g/mol. The number of aryl methyl sites for hydroxylation is 1. The molecule has 4 nitrogen and oxygen atoms in total. The van der Waals surface area contributed by atoms with Gasteiger partial charge in [-0.05, 0) is 12.1 Å². The highest BCUT2D eigenvalue weighted by Crippen LogP contribution is 2.31. The smallest absolute Gasteiger partial charge is 0.238 e. The van der Waals surface area contributed by atoms with E-state index in [1.54, 1.807) is 0 Å². The average Bonchev–Trinajstić information content (AvgIpc) is 3.08. The van der Waals surface area contributed by atoms with E-state index in [4.69, 9.17) is 9.97 Å². The van der Waals surface area contributed by atoms with E-state index in [0.717, 1.165) is 28.8 Å². The fraction of sp³-hybridized carbons (Fsp3) is 0.0870. The predicted octanol–water partition coefficient (Wildman–Crippen LogP) is 5.20. The quantitative estimate of drug-likeness (QED) is 0.449. The van der Waals surface area contributed by atoms with E-state index in [1.807, 2.05) is 30.3 Å². The zero-order chi connectivity index (χ0) is 18.2. The van der Waals surface area contributed by atoms with Gasteiger partial charge in [-0.2, -0.15) is 9.97 Å². The zero-order valence-electron chi connectivity index (χ0n) is 15.0. The predicted molar refractivity (Wildman–Crippen MR) is 109 cm³/mol. The molecule has 5 rings (SSSR count). The standard InChI is InChI=1S/C23H18N4/c1-2-21-24-22(16-10-4-3-5-11-16)26-23(25-21)27-19-14-8-6-12-17(19)18-13-7-9-15-20(18)27/h3-15H,2H2,1H3. The molecule has 0 fully saturated rings. The minimum Gasteiger partial charge on any atom is -0.278 e. The summed E-state index contributed by atoms with van der Waals surface area (Å²) in [4.78, 5) is 14.3. The van der Waals surface area contributed by atoms with Crippen LogP contribution in [0.15, 0.2) is 78.9 Å². The Morgan fingerprint density at radius 3 is 1.89 bits per heavy atom. The molecule has 0 atom stereocenters. The summed E-state index contributed by atoms with van der Waals surface area (Å²) in [5.74, 6) is 2.16. The molecule has 0 saturated heterocycles. The lowest BCUT2D eigenvalue weighted by Gasteiger charge is -2.09. The van der Waals surface area contributed by atoms with E-state index in [9.17, 15) is 0 Å². The van der Waals surface area contributed by atoms with Crippen LogP contribution in [0.5, 0.6) is 0 Å². The van der Waals surface area contributed by atoms with Crippen molar-refractivity contribution in [1.29, 1.82) is 0 Å². The third-order valence-corrected chi connectivity index (χ3v) is 4.80. The molecule has 5 aromatic rings. The highest BCUT2D eigenvalue weighted by atomic mass is 15.2. The summed E-state index contributed by atoms with van der Waals surface area (Å²) in [6.07, 6.45) is 0.756. The Hall–Kier alpha value is -3.53. The summed E-state index contributed by atoms with van der Waals surface area (Å²) in [6.45, 7) is 2.07. The first-order chi connectivity index (χ1) is 13.3. The summed E-state index contributed by atoms with van der Waals surface area (Å²) < 4.78 is 2.14. The van der Waals surface area contributed by atoms with E-state index in [1.165, 1.54) is 10.8 Å². The van der Waals surface area contributed by atoms with Crippen molar-refractivity contribution in [1.82, 2.24) is 19.5 Å². The van der Waals surface area contributed by atoms with Crippen LogP contribution in [0.2, 0.25) is 0 Å². The Balaban J connectivity index is 1.85. The molecule has 0 saturated carbocycles. The summed E-state index contributed by atoms with van der Waals surface area (Å²) in [5.41, 5.74) is 3.20. The molecule has 0 spiro atoms. The number of nitrogens with zero attached hydrogens (tertiary/aromatic N) is 4. The van der Waals surface area contributed by atoms with Crippen LogP contribution in [-0.4, -0.2) is 19.5 Å². The van der Waals surface area contributed by atoms with E-state index in [0.29, 0.717) is 11.8 Å². The van der Waals surface area contributed by atoms with Crippen LogP contribution < -0.4 is 0 Å². The van der Waals surface area contributed by atoms with Gasteiger partial charge in [0, 0.05) is 22.8 Å². The molecule has 27 heavy (non-hydrogen) atoms. The summed E-state index contributed by atoms with van der Waals surface area (Å²) in [7, 11) is 0. The maximum atomic E-state index is 4.84. The summed E-state index contributed by atoms with van der Waals surface area (Å²) in [5, 5.41) is 2.40. The van der Waals surface area contributed by atoms with Gasteiger partial charge in [-0.3, -0.25) is 4.57 Å². The average molecular weight is 350 g/mol. The topological polar surface area (TPSA) is 43.6 Å². The van der Waals surface area contributed by atoms with Gasteiger partial charge in [-0.1, -0.05) is 73.7 Å². The second-order valence-electron chi connectivity index (χ2n) is 6.46. The highest BCUT2D eigenvalue weighted by Gasteiger charge is 2.15. The van der Waals surface area contributed by atoms with Gasteiger partial charge in [-0.15, -0.1) is 0 Å². The maximum Gasteiger partial charge on any atom is 0.238 e. The van der Waals surface area contributed by atoms with Crippen molar-refractivity contribution in [2.75, 3.05) is 0 Å². The second kappa shape index (κ2) is 6.32. The molecule has 0 radical (unpaired) electrons. The van der Waals surface area contributed by atoms with Crippen molar-refractivity contribution < 1.29 is 0 Å². The molecule has 0 aliphatic rings. The van der Waals surface area contributed by atoms with Gasteiger partial charge in [0.15, 0.2) is 5.82 Å². The lowest BCUT2D eigenvalue weighted by Crippen LogP contribution is -2.07. The Bertz CT molecular complexity index is 1200. The number of aromatic nitrogens is 4. The molecule has 2 heterocycles. The molecule has 130 valence electrons. The number of benzene rings is 3. The van der Waals surface area contributed by atoms with Crippen LogP contribution in [0.1, 0.15) is 12.7 Å². The van der Waals surface area contributed by atoms with Gasteiger partial charge in [0.05, 0.1) is 11.0 Å². The van der Waals surface area contributed by atoms with Crippen molar-refractivity contribution in [3.8, 4) is 17.3 Å². The Kier molecular flexibility index (Phi) is 3.68. The van der Waals surface area contributed by atoms with Gasteiger partial charge in [0.2, 0.25) is 5.95 Å². The molecule has 2 aromatic heterocycles. The summed E-state index contributed by atoms with van der Waals surface area (Å²) >= 11 is 0. The van der Waals surface area contributed by atoms with Crippen LogP contribution in [0, 0.1) is 0 Å². The third-order valence-electron chi connectivity index (χ3n) is 4.80.